The average molecular weight is 243 g/mol. The monoisotopic (exact) mass is 243 g/mol. The molecular weight excluding hydrogens is 230 g/mol. The Labute approximate surface area is 96.4 Å². The highest BCUT2D eigenvalue weighted by atomic mass is 32.2. The first-order chi connectivity index (χ1) is 7.69. The second kappa shape index (κ2) is 4.86. The summed E-state index contributed by atoms with van der Waals surface area (Å²) in [6.45, 7) is 0.436. The van der Waals surface area contributed by atoms with Crippen molar-refractivity contribution < 1.29 is 9.84 Å². The number of nitrogens with two attached hydrogens (primary N) is 1. The number of aliphatic hydroxyl groups is 1. The van der Waals surface area contributed by atoms with Crippen molar-refractivity contribution in [3.05, 3.63) is 22.7 Å². The van der Waals surface area contributed by atoms with E-state index in [9.17, 15) is 4.79 Å². The third-order valence-electron chi connectivity index (χ3n) is 2.26. The fraction of sp³-hybridized carbons (Fsp3) is 0.556. The van der Waals surface area contributed by atoms with Gasteiger partial charge in [-0.1, -0.05) is 0 Å². The highest BCUT2D eigenvalue weighted by Gasteiger charge is 2.25. The van der Waals surface area contributed by atoms with Crippen LogP contribution in [0.2, 0.25) is 0 Å². The molecule has 1 aromatic rings. The van der Waals surface area contributed by atoms with E-state index in [0.29, 0.717) is 6.54 Å². The summed E-state index contributed by atoms with van der Waals surface area (Å²) < 4.78 is 6.95. The van der Waals surface area contributed by atoms with Crippen LogP contribution in [-0.2, 0) is 11.3 Å². The molecule has 88 valence electrons. The van der Waals surface area contributed by atoms with Crippen molar-refractivity contribution in [2.75, 3.05) is 18.1 Å². The van der Waals surface area contributed by atoms with E-state index < -0.39 is 0 Å². The summed E-state index contributed by atoms with van der Waals surface area (Å²) >= 11 is 1.55. The predicted octanol–water partition coefficient (Wildman–Crippen LogP) is -0.724. The Morgan fingerprint density at radius 3 is 3.19 bits per heavy atom. The number of rotatable bonds is 3. The molecule has 0 aliphatic carbocycles. The predicted molar refractivity (Wildman–Crippen MR) is 61.1 cm³/mol. The standard InChI is InChI=1S/C9H13N3O3S/c10-7-1-2-12(9(14)11-7)3-6-5-16-8(4-13)15-6/h1-2,6,8,13H,3-5H2,(H2,10,11,14)/t6-,8+/m1/s1. The Morgan fingerprint density at radius 1 is 1.75 bits per heavy atom. The third-order valence-corrected chi connectivity index (χ3v) is 3.45. The number of aromatic nitrogens is 2. The molecule has 1 aromatic heterocycles. The van der Waals surface area contributed by atoms with E-state index in [-0.39, 0.29) is 29.7 Å². The molecule has 2 heterocycles. The van der Waals surface area contributed by atoms with Crippen LogP contribution in [0.3, 0.4) is 0 Å². The first kappa shape index (κ1) is 11.4. The van der Waals surface area contributed by atoms with Gasteiger partial charge in [-0.05, 0) is 6.07 Å². The van der Waals surface area contributed by atoms with Crippen LogP contribution in [0.5, 0.6) is 0 Å². The highest BCUT2D eigenvalue weighted by Crippen LogP contribution is 2.25. The molecule has 0 radical (unpaired) electrons. The third kappa shape index (κ3) is 2.55. The van der Waals surface area contributed by atoms with Gasteiger partial charge in [-0.25, -0.2) is 4.79 Å². The number of thioether (sulfide) groups is 1. The highest BCUT2D eigenvalue weighted by molar-refractivity contribution is 8.00. The van der Waals surface area contributed by atoms with E-state index in [1.165, 1.54) is 4.57 Å². The molecule has 0 aromatic carbocycles. The molecule has 1 aliphatic rings. The lowest BCUT2D eigenvalue weighted by atomic mass is 10.4. The molecule has 0 bridgehead atoms. The molecule has 1 aliphatic heterocycles. The summed E-state index contributed by atoms with van der Waals surface area (Å²) in [4.78, 5) is 15.1. The summed E-state index contributed by atoms with van der Waals surface area (Å²) in [7, 11) is 0. The maximum Gasteiger partial charge on any atom is 0.349 e. The maximum absolute atomic E-state index is 11.4. The summed E-state index contributed by atoms with van der Waals surface area (Å²) in [6, 6.07) is 1.58. The normalized spacial score (nSPS) is 24.8. The topological polar surface area (TPSA) is 90.4 Å². The fourth-order valence-corrected chi connectivity index (χ4v) is 2.45. The van der Waals surface area contributed by atoms with Gasteiger partial charge in [-0.15, -0.1) is 11.8 Å². The Balaban J connectivity index is 2.02. The number of nitrogen functional groups attached to an aromatic ring is 1. The molecule has 16 heavy (non-hydrogen) atoms. The largest absolute Gasteiger partial charge is 0.393 e. The van der Waals surface area contributed by atoms with Crippen LogP contribution in [0.25, 0.3) is 0 Å². The lowest BCUT2D eigenvalue weighted by Crippen LogP contribution is -2.30. The van der Waals surface area contributed by atoms with Crippen LogP contribution in [0.15, 0.2) is 17.1 Å². The second-order valence-corrected chi connectivity index (χ2v) is 4.68. The van der Waals surface area contributed by atoms with E-state index in [1.807, 2.05) is 0 Å². The van der Waals surface area contributed by atoms with Gasteiger partial charge in [0.15, 0.2) is 0 Å². The van der Waals surface area contributed by atoms with Crippen molar-refractivity contribution in [2.24, 2.45) is 0 Å². The maximum atomic E-state index is 11.4. The Bertz CT molecular complexity index is 423. The van der Waals surface area contributed by atoms with Gasteiger partial charge in [0.25, 0.3) is 0 Å². The van der Waals surface area contributed by atoms with Crippen LogP contribution in [-0.4, -0.2) is 38.6 Å². The van der Waals surface area contributed by atoms with Gasteiger partial charge in [-0.3, -0.25) is 4.57 Å². The van der Waals surface area contributed by atoms with Crippen LogP contribution in [0.1, 0.15) is 0 Å². The molecule has 1 saturated heterocycles. The number of hydrogen-bond donors (Lipinski definition) is 2. The lowest BCUT2D eigenvalue weighted by molar-refractivity contribution is 0.0261. The zero-order valence-corrected chi connectivity index (χ0v) is 9.39. The SMILES string of the molecule is Nc1ccn(C[C@@H]2CS[C@@H](CO)O2)c(=O)n1. The Morgan fingerprint density at radius 2 is 2.56 bits per heavy atom. The van der Waals surface area contributed by atoms with Crippen LogP contribution in [0, 0.1) is 0 Å². The fourth-order valence-electron chi connectivity index (χ4n) is 1.50. The average Bonchev–Trinajstić information content (AvgIpc) is 2.70. The molecular formula is C9H13N3O3S. The van der Waals surface area contributed by atoms with E-state index >= 15 is 0 Å². The molecule has 0 saturated carbocycles. The number of hydrogen-bond acceptors (Lipinski definition) is 6. The number of anilines is 1. The van der Waals surface area contributed by atoms with E-state index in [4.69, 9.17) is 15.6 Å². The Hall–Kier alpha value is -1.05. The second-order valence-electron chi connectivity index (χ2n) is 3.49. The van der Waals surface area contributed by atoms with E-state index in [1.54, 1.807) is 24.0 Å². The minimum Gasteiger partial charge on any atom is -0.393 e. The number of nitrogens with zero attached hydrogens (tertiary/aromatic N) is 2. The van der Waals surface area contributed by atoms with Crippen LogP contribution in [0.4, 0.5) is 5.82 Å². The summed E-state index contributed by atoms with van der Waals surface area (Å²) in [5, 5.41) is 8.90. The van der Waals surface area contributed by atoms with Gasteiger partial charge in [-0.2, -0.15) is 4.98 Å². The Kier molecular flexibility index (Phi) is 3.47. The van der Waals surface area contributed by atoms with Gasteiger partial charge < -0.3 is 15.6 Å². The van der Waals surface area contributed by atoms with Crippen molar-refractivity contribution >= 4 is 17.6 Å². The van der Waals surface area contributed by atoms with E-state index in [0.717, 1.165) is 5.75 Å². The van der Waals surface area contributed by atoms with Crippen molar-refractivity contribution in [2.45, 2.75) is 18.1 Å². The quantitative estimate of drug-likeness (QED) is 0.728. The van der Waals surface area contributed by atoms with Gasteiger partial charge in [0, 0.05) is 11.9 Å². The lowest BCUT2D eigenvalue weighted by Gasteiger charge is -2.12. The van der Waals surface area contributed by atoms with Crippen molar-refractivity contribution in [3.63, 3.8) is 0 Å². The van der Waals surface area contributed by atoms with Crippen molar-refractivity contribution in [1.29, 1.82) is 0 Å². The number of aliphatic hydroxyl groups excluding tert-OH is 1. The van der Waals surface area contributed by atoms with Gasteiger partial charge in [0.1, 0.15) is 11.3 Å². The van der Waals surface area contributed by atoms with Gasteiger partial charge in [0.05, 0.1) is 19.3 Å². The summed E-state index contributed by atoms with van der Waals surface area (Å²) in [5.74, 6) is 0.985. The molecule has 7 heteroatoms. The van der Waals surface area contributed by atoms with Crippen molar-refractivity contribution in [1.82, 2.24) is 9.55 Å². The number of ether oxygens (including phenoxy) is 1. The molecule has 0 spiro atoms. The molecule has 3 N–H and O–H groups in total. The first-order valence-corrected chi connectivity index (χ1v) is 5.95. The molecule has 2 atom stereocenters. The molecule has 2 rings (SSSR count). The zero-order valence-electron chi connectivity index (χ0n) is 8.57. The molecule has 0 amide bonds. The first-order valence-electron chi connectivity index (χ1n) is 4.90. The van der Waals surface area contributed by atoms with Crippen LogP contribution >= 0.6 is 11.8 Å². The van der Waals surface area contributed by atoms with Crippen LogP contribution < -0.4 is 11.4 Å². The summed E-state index contributed by atoms with van der Waals surface area (Å²) in [6.07, 6.45) is 1.54. The zero-order chi connectivity index (χ0) is 11.5. The van der Waals surface area contributed by atoms with Gasteiger partial charge in [0.2, 0.25) is 0 Å². The molecule has 0 unspecified atom stereocenters. The van der Waals surface area contributed by atoms with E-state index in [2.05, 4.69) is 4.98 Å². The molecule has 6 nitrogen and oxygen atoms in total. The molecule has 1 fully saturated rings. The smallest absolute Gasteiger partial charge is 0.349 e. The minimum absolute atomic E-state index is 0.00392. The minimum atomic E-state index is -0.374. The van der Waals surface area contributed by atoms with Gasteiger partial charge >= 0.3 is 5.69 Å². The summed E-state index contributed by atoms with van der Waals surface area (Å²) in [5.41, 5.74) is 4.83. The van der Waals surface area contributed by atoms with Crippen molar-refractivity contribution in [3.8, 4) is 0 Å².